The van der Waals surface area contributed by atoms with Gasteiger partial charge >= 0.3 is 11.6 Å². The lowest BCUT2D eigenvalue weighted by Crippen LogP contribution is -2.39. The maximum Gasteiger partial charge on any atom is 0.318 e. The molecule has 0 aliphatic carbocycles. The predicted octanol–water partition coefficient (Wildman–Crippen LogP) is -0.681. The summed E-state index contributed by atoms with van der Waals surface area (Å²) in [6, 6.07) is 13.5. The van der Waals surface area contributed by atoms with Crippen LogP contribution in [0, 0.1) is 5.21 Å². The van der Waals surface area contributed by atoms with Crippen LogP contribution in [0.4, 0.5) is 0 Å². The van der Waals surface area contributed by atoms with Gasteiger partial charge in [-0.25, -0.2) is 0 Å². The van der Waals surface area contributed by atoms with Crippen LogP contribution in [0.3, 0.4) is 0 Å². The monoisotopic (exact) mass is 415 g/mol. The van der Waals surface area contributed by atoms with E-state index < -0.39 is 29.3 Å². The minimum Gasteiger partial charge on any atom is -0.490 e. The predicted molar refractivity (Wildman–Crippen MR) is 105 cm³/mol. The van der Waals surface area contributed by atoms with Crippen molar-refractivity contribution < 1.29 is 29.0 Å². The number of hydrogen-bond donors (Lipinski definition) is 4. The third-order valence-corrected chi connectivity index (χ3v) is 4.21. The Morgan fingerprint density at radius 2 is 2.00 bits per heavy atom. The Hall–Kier alpha value is -3.70. The van der Waals surface area contributed by atoms with Crippen LogP contribution in [0.5, 0.6) is 5.75 Å². The molecule has 3 aromatic rings. The third-order valence-electron chi connectivity index (χ3n) is 4.21. The van der Waals surface area contributed by atoms with E-state index >= 15 is 0 Å². The molecule has 30 heavy (non-hydrogen) atoms. The summed E-state index contributed by atoms with van der Waals surface area (Å²) in [6.45, 7) is 0.799. The fourth-order valence-electron chi connectivity index (χ4n) is 2.79. The van der Waals surface area contributed by atoms with E-state index in [9.17, 15) is 19.9 Å². The molecule has 0 fully saturated rings. The normalized spacial score (nSPS) is 11.9. The first kappa shape index (κ1) is 21.0. The number of primary amides is 1. The van der Waals surface area contributed by atoms with E-state index in [-0.39, 0.29) is 24.6 Å². The SMILES string of the molecule is NC(=O)c1c(C(=O)NCCNCC(O)COc2cccc3ccccc23)no[n+]1[O-]. The number of aromatic nitrogens is 2. The molecule has 1 atom stereocenters. The zero-order chi connectivity index (χ0) is 21.5. The minimum absolute atomic E-state index is 0.0950. The molecule has 0 aliphatic rings. The number of amides is 2. The number of hydrogen-bond acceptors (Lipinski definition) is 8. The van der Waals surface area contributed by atoms with Gasteiger partial charge in [0.15, 0.2) is 0 Å². The summed E-state index contributed by atoms with van der Waals surface area (Å²) in [5.74, 6) is -1.21. The summed E-state index contributed by atoms with van der Waals surface area (Å²) >= 11 is 0. The standard InChI is InChI=1S/C19H21N5O6/c20-18(26)17-16(23-30-24(17)28)19(27)22-9-8-21-10-13(25)11-29-15-7-3-5-12-4-1-2-6-14(12)15/h1-7,13,21,25H,8-11H2,(H2,20,26)(H,22,27). The van der Waals surface area contributed by atoms with Gasteiger partial charge in [-0.3, -0.25) is 14.2 Å². The number of nitrogens with one attached hydrogen (secondary N) is 2. The summed E-state index contributed by atoms with van der Waals surface area (Å²) in [5, 5.41) is 32.0. The van der Waals surface area contributed by atoms with E-state index in [4.69, 9.17) is 10.5 Å². The van der Waals surface area contributed by atoms with Crippen LogP contribution in [0.15, 0.2) is 47.1 Å². The van der Waals surface area contributed by atoms with Crippen molar-refractivity contribution in [2.24, 2.45) is 5.73 Å². The Balaban J connectivity index is 1.38. The number of ether oxygens (including phenoxy) is 1. The average Bonchev–Trinajstić information content (AvgIpc) is 3.13. The summed E-state index contributed by atoms with van der Waals surface area (Å²) in [7, 11) is 0. The molecule has 2 amide bonds. The highest BCUT2D eigenvalue weighted by atomic mass is 16.8. The first-order valence-corrected chi connectivity index (χ1v) is 9.14. The van der Waals surface area contributed by atoms with Gasteiger partial charge in [0.05, 0.1) is 5.16 Å². The second-order valence-corrected chi connectivity index (χ2v) is 6.39. The smallest absolute Gasteiger partial charge is 0.318 e. The number of nitrogens with two attached hydrogens (primary N) is 1. The number of aliphatic hydroxyl groups is 1. The number of benzene rings is 2. The quantitative estimate of drug-likeness (QED) is 0.250. The van der Waals surface area contributed by atoms with Crippen molar-refractivity contribution in [2.75, 3.05) is 26.2 Å². The van der Waals surface area contributed by atoms with Gasteiger partial charge in [0.1, 0.15) is 18.5 Å². The molecule has 0 bridgehead atoms. The highest BCUT2D eigenvalue weighted by molar-refractivity contribution is 6.02. The second-order valence-electron chi connectivity index (χ2n) is 6.39. The number of aliphatic hydroxyl groups excluding tert-OH is 1. The second kappa shape index (κ2) is 9.67. The summed E-state index contributed by atoms with van der Waals surface area (Å²) < 4.78 is 9.93. The van der Waals surface area contributed by atoms with E-state index in [0.717, 1.165) is 10.8 Å². The van der Waals surface area contributed by atoms with Crippen molar-refractivity contribution in [3.05, 3.63) is 59.1 Å². The maximum atomic E-state index is 12.0. The highest BCUT2D eigenvalue weighted by Gasteiger charge is 2.30. The molecule has 1 aromatic heterocycles. The first-order chi connectivity index (χ1) is 14.5. The molecule has 158 valence electrons. The van der Waals surface area contributed by atoms with E-state index in [1.165, 1.54) is 0 Å². The van der Waals surface area contributed by atoms with Gasteiger partial charge in [0.2, 0.25) is 0 Å². The molecule has 0 saturated heterocycles. The fourth-order valence-corrected chi connectivity index (χ4v) is 2.79. The summed E-state index contributed by atoms with van der Waals surface area (Å²) in [5.41, 5.74) is 3.87. The van der Waals surface area contributed by atoms with Crippen molar-refractivity contribution in [3.63, 3.8) is 0 Å². The number of carbonyl (C=O) groups excluding carboxylic acids is 2. The van der Waals surface area contributed by atoms with Crippen molar-refractivity contribution in [2.45, 2.75) is 6.10 Å². The lowest BCUT2D eigenvalue weighted by atomic mass is 10.1. The Labute approximate surface area is 170 Å². The molecule has 5 N–H and O–H groups in total. The van der Waals surface area contributed by atoms with E-state index in [0.29, 0.717) is 12.3 Å². The van der Waals surface area contributed by atoms with Crippen LogP contribution >= 0.6 is 0 Å². The van der Waals surface area contributed by atoms with Crippen molar-refractivity contribution in [1.82, 2.24) is 15.8 Å². The van der Waals surface area contributed by atoms with Crippen LogP contribution in [0.1, 0.15) is 21.0 Å². The number of nitrogens with zero attached hydrogens (tertiary/aromatic N) is 2. The van der Waals surface area contributed by atoms with Crippen LogP contribution in [-0.4, -0.2) is 54.4 Å². The summed E-state index contributed by atoms with van der Waals surface area (Å²) in [6.07, 6.45) is -0.768. The average molecular weight is 415 g/mol. The van der Waals surface area contributed by atoms with Crippen molar-refractivity contribution in [1.29, 1.82) is 0 Å². The molecule has 3 rings (SSSR count). The molecule has 0 spiro atoms. The molecule has 0 saturated carbocycles. The largest absolute Gasteiger partial charge is 0.490 e. The minimum atomic E-state index is -1.12. The van der Waals surface area contributed by atoms with Gasteiger partial charge in [0.25, 0.3) is 11.6 Å². The Morgan fingerprint density at radius 1 is 1.23 bits per heavy atom. The van der Waals surface area contributed by atoms with Crippen LogP contribution in [0.25, 0.3) is 10.8 Å². The molecule has 1 unspecified atom stereocenters. The molecule has 2 aromatic carbocycles. The maximum absolute atomic E-state index is 12.0. The van der Waals surface area contributed by atoms with Crippen molar-refractivity contribution in [3.8, 4) is 5.75 Å². The zero-order valence-corrected chi connectivity index (χ0v) is 15.9. The topological polar surface area (TPSA) is 167 Å². The molecular formula is C19H21N5O6. The highest BCUT2D eigenvalue weighted by Crippen LogP contribution is 2.25. The zero-order valence-electron chi connectivity index (χ0n) is 15.9. The lowest BCUT2D eigenvalue weighted by molar-refractivity contribution is -0.803. The number of rotatable bonds is 10. The number of carbonyl (C=O) groups is 2. The Morgan fingerprint density at radius 3 is 2.80 bits per heavy atom. The van der Waals surface area contributed by atoms with Gasteiger partial charge in [-0.05, 0) is 16.4 Å². The van der Waals surface area contributed by atoms with Crippen LogP contribution in [-0.2, 0) is 0 Å². The fraction of sp³-hybridized carbons (Fsp3) is 0.263. The molecule has 0 radical (unpaired) electrons. The molecule has 11 nitrogen and oxygen atoms in total. The van der Waals surface area contributed by atoms with E-state index in [1.54, 1.807) is 0 Å². The Kier molecular flexibility index (Phi) is 6.78. The molecule has 0 aliphatic heterocycles. The van der Waals surface area contributed by atoms with Gasteiger partial charge in [-0.2, -0.15) is 0 Å². The van der Waals surface area contributed by atoms with E-state index in [2.05, 4.69) is 20.4 Å². The third kappa shape index (κ3) is 5.01. The van der Waals surface area contributed by atoms with Crippen LogP contribution in [0.2, 0.25) is 0 Å². The van der Waals surface area contributed by atoms with Gasteiger partial charge in [0, 0.05) is 25.0 Å². The Bertz CT molecular complexity index is 1030. The van der Waals surface area contributed by atoms with Gasteiger partial charge in [-0.1, -0.05) is 36.4 Å². The molecule has 1 heterocycles. The van der Waals surface area contributed by atoms with Crippen molar-refractivity contribution >= 4 is 22.6 Å². The molecular weight excluding hydrogens is 394 g/mol. The van der Waals surface area contributed by atoms with E-state index in [1.807, 2.05) is 42.5 Å². The first-order valence-electron chi connectivity index (χ1n) is 9.14. The van der Waals surface area contributed by atoms with Gasteiger partial charge in [-0.15, -0.1) is 0 Å². The summed E-state index contributed by atoms with van der Waals surface area (Å²) in [4.78, 5) is 22.9. The number of fused-ring (bicyclic) bond motifs is 1. The van der Waals surface area contributed by atoms with Gasteiger partial charge < -0.3 is 31.4 Å². The molecule has 11 heteroatoms. The van der Waals surface area contributed by atoms with Crippen LogP contribution < -0.4 is 26.0 Å². The lowest BCUT2D eigenvalue weighted by Gasteiger charge is -2.14.